The Morgan fingerprint density at radius 1 is 1.09 bits per heavy atom. The van der Waals surface area contributed by atoms with Crippen LogP contribution in [0.3, 0.4) is 0 Å². The van der Waals surface area contributed by atoms with E-state index in [1.807, 2.05) is 11.8 Å². The number of anilines is 2. The summed E-state index contributed by atoms with van der Waals surface area (Å²) in [4.78, 5) is 26.8. The molecule has 2 saturated heterocycles. The van der Waals surface area contributed by atoms with Crippen molar-refractivity contribution >= 4 is 23.5 Å². The first kappa shape index (κ1) is 22.8. The van der Waals surface area contributed by atoms with Gasteiger partial charge in [-0.05, 0) is 45.9 Å². The fourth-order valence-corrected chi connectivity index (χ4v) is 6.40. The van der Waals surface area contributed by atoms with Crippen LogP contribution in [0, 0.1) is 5.92 Å². The van der Waals surface area contributed by atoms with Crippen LogP contribution in [-0.4, -0.2) is 102 Å². The summed E-state index contributed by atoms with van der Waals surface area (Å²) in [7, 11) is 4.35. The van der Waals surface area contributed by atoms with Crippen LogP contribution in [0.4, 0.5) is 11.8 Å². The fourth-order valence-electron chi connectivity index (χ4n) is 5.00. The number of rotatable bonds is 6. The zero-order valence-corrected chi connectivity index (χ0v) is 20.4. The molecule has 0 bridgehead atoms. The lowest BCUT2D eigenvalue weighted by Crippen LogP contribution is -2.40. The highest BCUT2D eigenvalue weighted by Crippen LogP contribution is 2.43. The van der Waals surface area contributed by atoms with Crippen LogP contribution in [0.2, 0.25) is 0 Å². The van der Waals surface area contributed by atoms with Gasteiger partial charge in [0.2, 0.25) is 5.95 Å². The topological polar surface area (TPSA) is 96.5 Å². The molecule has 9 nitrogen and oxygen atoms in total. The average Bonchev–Trinajstić information content (AvgIpc) is 3.23. The Hall–Kier alpha value is -2.01. The third kappa shape index (κ3) is 5.40. The number of thioether (sulfide) groups is 1. The maximum Gasteiger partial charge on any atom is 0.219 e. The Bertz CT molecular complexity index is 942. The number of nitrogens with zero attached hydrogens (tertiary/aromatic N) is 7. The van der Waals surface area contributed by atoms with Gasteiger partial charge < -0.3 is 25.2 Å². The number of aromatic nitrogens is 4. The van der Waals surface area contributed by atoms with Crippen molar-refractivity contribution < 1.29 is 4.74 Å². The summed E-state index contributed by atoms with van der Waals surface area (Å²) in [5, 5.41) is 0.511. The largest absolute Gasteiger partial charge is 0.378 e. The average molecular weight is 471 g/mol. The molecule has 10 heteroatoms. The van der Waals surface area contributed by atoms with E-state index >= 15 is 0 Å². The number of piperidine rings is 1. The summed E-state index contributed by atoms with van der Waals surface area (Å²) in [6.07, 6.45) is 6.99. The van der Waals surface area contributed by atoms with E-state index in [0.29, 0.717) is 11.1 Å². The summed E-state index contributed by atoms with van der Waals surface area (Å²) in [5.41, 5.74) is 7.64. The molecule has 2 aromatic heterocycles. The second kappa shape index (κ2) is 10.1. The van der Waals surface area contributed by atoms with Crippen LogP contribution in [0.15, 0.2) is 17.3 Å². The third-order valence-corrected chi connectivity index (χ3v) is 7.96. The summed E-state index contributed by atoms with van der Waals surface area (Å²) in [6, 6.07) is 0. The molecule has 0 aliphatic carbocycles. The summed E-state index contributed by atoms with van der Waals surface area (Å²) < 4.78 is 5.59. The van der Waals surface area contributed by atoms with E-state index in [0.717, 1.165) is 62.3 Å². The van der Waals surface area contributed by atoms with Crippen molar-refractivity contribution in [3.63, 3.8) is 0 Å². The number of likely N-dealkylation sites (tertiary alicyclic amines) is 1. The van der Waals surface area contributed by atoms with Gasteiger partial charge in [-0.1, -0.05) is 0 Å². The van der Waals surface area contributed by atoms with Crippen LogP contribution < -0.4 is 10.6 Å². The van der Waals surface area contributed by atoms with Gasteiger partial charge in [0.05, 0.1) is 29.4 Å². The minimum absolute atomic E-state index is 0.262. The maximum atomic E-state index is 5.69. The second-order valence-electron chi connectivity index (χ2n) is 9.53. The van der Waals surface area contributed by atoms with Gasteiger partial charge in [0, 0.05) is 50.2 Å². The molecule has 2 aromatic rings. The van der Waals surface area contributed by atoms with Gasteiger partial charge in [0.25, 0.3) is 0 Å². The lowest BCUT2D eigenvalue weighted by Gasteiger charge is -2.34. The number of nitrogens with two attached hydrogens (primary N) is 1. The van der Waals surface area contributed by atoms with Gasteiger partial charge in [-0.3, -0.25) is 0 Å². The predicted molar refractivity (Wildman–Crippen MR) is 132 cm³/mol. The molecule has 0 radical (unpaired) electrons. The summed E-state index contributed by atoms with van der Waals surface area (Å²) >= 11 is 1.96. The van der Waals surface area contributed by atoms with Crippen molar-refractivity contribution in [2.24, 2.45) is 5.92 Å². The Balaban J connectivity index is 1.32. The highest BCUT2D eigenvalue weighted by Gasteiger charge is 2.32. The summed E-state index contributed by atoms with van der Waals surface area (Å²) in [5.74, 6) is 2.81. The minimum Gasteiger partial charge on any atom is -0.378 e. The molecule has 5 rings (SSSR count). The van der Waals surface area contributed by atoms with Gasteiger partial charge in [0.1, 0.15) is 5.82 Å². The maximum absolute atomic E-state index is 5.69. The number of morpholine rings is 1. The normalized spacial score (nSPS) is 22.2. The van der Waals surface area contributed by atoms with E-state index < -0.39 is 0 Å². The van der Waals surface area contributed by atoms with Gasteiger partial charge in [0.15, 0.2) is 5.82 Å². The first-order valence-electron chi connectivity index (χ1n) is 11.9. The third-order valence-electron chi connectivity index (χ3n) is 6.66. The Morgan fingerprint density at radius 3 is 2.52 bits per heavy atom. The molecule has 5 heterocycles. The number of nitrogen functional groups attached to an aromatic ring is 1. The zero-order chi connectivity index (χ0) is 22.8. The van der Waals surface area contributed by atoms with Gasteiger partial charge in [-0.25, -0.2) is 19.9 Å². The van der Waals surface area contributed by atoms with Crippen molar-refractivity contribution in [2.45, 2.75) is 29.4 Å². The Morgan fingerprint density at radius 2 is 1.82 bits per heavy atom. The van der Waals surface area contributed by atoms with E-state index in [9.17, 15) is 0 Å². The molecule has 1 atom stereocenters. The van der Waals surface area contributed by atoms with E-state index in [1.165, 1.54) is 37.4 Å². The molecule has 1 unspecified atom stereocenters. The molecular weight excluding hydrogens is 436 g/mol. The number of hydrogen-bond donors (Lipinski definition) is 1. The van der Waals surface area contributed by atoms with Crippen LogP contribution in [0.5, 0.6) is 0 Å². The number of hydrogen-bond acceptors (Lipinski definition) is 10. The van der Waals surface area contributed by atoms with Gasteiger partial charge in [-0.15, -0.1) is 11.8 Å². The lowest BCUT2D eigenvalue weighted by molar-refractivity contribution is 0.122. The van der Waals surface area contributed by atoms with E-state index in [2.05, 4.69) is 38.8 Å². The number of fused-ring (bicyclic) bond motifs is 1. The first-order valence-corrected chi connectivity index (χ1v) is 12.8. The molecule has 2 fully saturated rings. The second-order valence-corrected chi connectivity index (χ2v) is 10.8. The molecule has 178 valence electrons. The molecule has 0 saturated carbocycles. The molecular formula is C23H34N8OS. The Kier molecular flexibility index (Phi) is 6.96. The number of ether oxygens (including phenoxy) is 1. The van der Waals surface area contributed by atoms with Gasteiger partial charge in [-0.2, -0.15) is 0 Å². The van der Waals surface area contributed by atoms with Crippen molar-refractivity contribution in [3.05, 3.63) is 18.1 Å². The van der Waals surface area contributed by atoms with E-state index in [4.69, 9.17) is 20.4 Å². The van der Waals surface area contributed by atoms with Crippen molar-refractivity contribution in [1.82, 2.24) is 29.7 Å². The van der Waals surface area contributed by atoms with E-state index in [1.54, 1.807) is 12.4 Å². The standard InChI is InChI=1S/C23H34N8OS/c1-29(2)14-16-3-5-30(6-4-16)15-18-11-19-20(33-18)22(31-7-9-32-10-8-31)28-21(27-19)17-12-25-23(24)26-13-17/h12-13,16,18H,3-11,14-15H2,1-2H3,(H2,24,25,26). The van der Waals surface area contributed by atoms with Crippen LogP contribution in [0.1, 0.15) is 18.5 Å². The highest BCUT2D eigenvalue weighted by atomic mass is 32.2. The zero-order valence-electron chi connectivity index (χ0n) is 19.6. The molecule has 3 aliphatic heterocycles. The van der Waals surface area contributed by atoms with Crippen molar-refractivity contribution in [1.29, 1.82) is 0 Å². The molecule has 3 aliphatic rings. The van der Waals surface area contributed by atoms with Crippen LogP contribution >= 0.6 is 11.8 Å². The highest BCUT2D eigenvalue weighted by molar-refractivity contribution is 8.00. The quantitative estimate of drug-likeness (QED) is 0.671. The van der Waals surface area contributed by atoms with E-state index in [-0.39, 0.29) is 5.95 Å². The molecule has 0 spiro atoms. The van der Waals surface area contributed by atoms with Gasteiger partial charge >= 0.3 is 0 Å². The smallest absolute Gasteiger partial charge is 0.219 e. The first-order chi connectivity index (χ1) is 16.0. The molecule has 0 aromatic carbocycles. The molecule has 0 amide bonds. The van der Waals surface area contributed by atoms with Crippen molar-refractivity contribution in [2.75, 3.05) is 77.2 Å². The Labute approximate surface area is 200 Å². The lowest BCUT2D eigenvalue weighted by atomic mass is 9.96. The SMILES string of the molecule is CN(C)CC1CCN(CC2Cc3nc(-c4cnc(N)nc4)nc(N4CCOCC4)c3S2)CC1. The fraction of sp³-hybridized carbons (Fsp3) is 0.652. The molecule has 33 heavy (non-hydrogen) atoms. The predicted octanol–water partition coefficient (Wildman–Crippen LogP) is 1.64. The molecule has 2 N–H and O–H groups in total. The monoisotopic (exact) mass is 470 g/mol. The minimum atomic E-state index is 0.262. The van der Waals surface area contributed by atoms with Crippen LogP contribution in [-0.2, 0) is 11.2 Å². The van der Waals surface area contributed by atoms with Crippen LogP contribution in [0.25, 0.3) is 11.4 Å². The van der Waals surface area contributed by atoms with Crippen molar-refractivity contribution in [3.8, 4) is 11.4 Å². The summed E-state index contributed by atoms with van der Waals surface area (Å²) in [6.45, 7) is 7.87.